The van der Waals surface area contributed by atoms with Gasteiger partial charge >= 0.3 is 0 Å². The topological polar surface area (TPSA) is 54.9 Å². The van der Waals surface area contributed by atoms with Gasteiger partial charge in [-0.3, -0.25) is 4.79 Å². The van der Waals surface area contributed by atoms with E-state index >= 15 is 0 Å². The van der Waals surface area contributed by atoms with Crippen LogP contribution in [0.25, 0.3) is 0 Å². The van der Waals surface area contributed by atoms with Crippen LogP contribution in [0.3, 0.4) is 0 Å². The third kappa shape index (κ3) is 5.26. The lowest BCUT2D eigenvalue weighted by molar-refractivity contribution is -0.710. The van der Waals surface area contributed by atoms with Crippen LogP contribution in [0, 0.1) is 11.6 Å². The molecule has 0 unspecified atom stereocenters. The van der Waals surface area contributed by atoms with Gasteiger partial charge in [0.05, 0.1) is 7.11 Å². The molecular weight excluding hydrogens is 326 g/mol. The molecule has 1 amide bonds. The summed E-state index contributed by atoms with van der Waals surface area (Å²) in [7, 11) is 1.60. The van der Waals surface area contributed by atoms with Gasteiger partial charge in [-0.1, -0.05) is 12.1 Å². The second kappa shape index (κ2) is 8.58. The van der Waals surface area contributed by atoms with E-state index in [0.717, 1.165) is 17.4 Å². The van der Waals surface area contributed by atoms with Gasteiger partial charge in [0.15, 0.2) is 17.7 Å². The Balaban J connectivity index is 1.87. The third-order valence-electron chi connectivity index (χ3n) is 4.09. The molecule has 3 N–H and O–H groups in total. The SMILES string of the molecule is COc1ccc(CNC(=O)[C@H](C)[NH2+][C@H](C)c2ccc(F)c(F)c2)cc1. The van der Waals surface area contributed by atoms with Gasteiger partial charge in [0.25, 0.3) is 5.91 Å². The van der Waals surface area contributed by atoms with Crippen molar-refractivity contribution in [2.45, 2.75) is 32.5 Å². The van der Waals surface area contributed by atoms with Gasteiger partial charge in [-0.15, -0.1) is 0 Å². The van der Waals surface area contributed by atoms with Gasteiger partial charge < -0.3 is 15.4 Å². The van der Waals surface area contributed by atoms with E-state index in [0.29, 0.717) is 12.1 Å². The minimum absolute atomic E-state index is 0.120. The van der Waals surface area contributed by atoms with Crippen LogP contribution in [0.2, 0.25) is 0 Å². The minimum atomic E-state index is -0.880. The number of halogens is 2. The molecule has 0 saturated heterocycles. The van der Waals surface area contributed by atoms with E-state index in [9.17, 15) is 13.6 Å². The molecule has 2 aromatic carbocycles. The zero-order valence-corrected chi connectivity index (χ0v) is 14.6. The molecule has 0 heterocycles. The average Bonchev–Trinajstić information content (AvgIpc) is 2.62. The molecule has 0 aliphatic heterocycles. The van der Waals surface area contributed by atoms with Crippen LogP contribution < -0.4 is 15.4 Å². The Morgan fingerprint density at radius 1 is 1.12 bits per heavy atom. The van der Waals surface area contributed by atoms with Crippen LogP contribution in [-0.2, 0) is 11.3 Å². The normalized spacial score (nSPS) is 13.2. The standard InChI is InChI=1S/C19H22F2N2O2/c1-12(15-6-9-17(20)18(21)10-15)23-13(2)19(24)22-11-14-4-7-16(25-3)8-5-14/h4-10,12-13,23H,11H2,1-3H3,(H,22,24)/p+1/t12-,13+/m1/s1. The number of amides is 1. The first-order valence-electron chi connectivity index (χ1n) is 8.11. The number of nitrogens with one attached hydrogen (secondary N) is 1. The number of carbonyl (C=O) groups excluding carboxylic acids is 1. The molecule has 2 rings (SSSR count). The Morgan fingerprint density at radius 2 is 1.80 bits per heavy atom. The fraction of sp³-hybridized carbons (Fsp3) is 0.316. The summed E-state index contributed by atoms with van der Waals surface area (Å²) in [5.74, 6) is -1.11. The van der Waals surface area contributed by atoms with E-state index in [1.54, 1.807) is 14.0 Å². The first-order valence-corrected chi connectivity index (χ1v) is 8.11. The fourth-order valence-electron chi connectivity index (χ4n) is 2.52. The summed E-state index contributed by atoms with van der Waals surface area (Å²) < 4.78 is 31.4. The van der Waals surface area contributed by atoms with E-state index in [2.05, 4.69) is 5.32 Å². The Kier molecular flexibility index (Phi) is 6.47. The quantitative estimate of drug-likeness (QED) is 0.806. The van der Waals surface area contributed by atoms with Crippen LogP contribution in [0.1, 0.15) is 31.0 Å². The van der Waals surface area contributed by atoms with Gasteiger partial charge in [-0.25, -0.2) is 8.78 Å². The molecule has 4 nitrogen and oxygen atoms in total. The molecule has 0 bridgehead atoms. The van der Waals surface area contributed by atoms with Crippen molar-refractivity contribution in [1.29, 1.82) is 0 Å². The molecule has 0 aliphatic rings. The second-order valence-electron chi connectivity index (χ2n) is 6.01. The highest BCUT2D eigenvalue weighted by atomic mass is 19.2. The van der Waals surface area contributed by atoms with Crippen molar-refractivity contribution in [3.8, 4) is 5.75 Å². The Labute approximate surface area is 146 Å². The monoisotopic (exact) mass is 349 g/mol. The van der Waals surface area contributed by atoms with Crippen LogP contribution >= 0.6 is 0 Å². The molecule has 0 radical (unpaired) electrons. The van der Waals surface area contributed by atoms with Gasteiger partial charge in [0.1, 0.15) is 11.8 Å². The van der Waals surface area contributed by atoms with Crippen molar-refractivity contribution >= 4 is 5.91 Å². The molecule has 0 aromatic heterocycles. The van der Waals surface area contributed by atoms with E-state index in [1.165, 1.54) is 12.1 Å². The Bertz CT molecular complexity index is 720. The van der Waals surface area contributed by atoms with E-state index in [-0.39, 0.29) is 18.0 Å². The fourth-order valence-corrected chi connectivity index (χ4v) is 2.52. The average molecular weight is 349 g/mol. The summed E-state index contributed by atoms with van der Waals surface area (Å²) in [6, 6.07) is 10.7. The number of hydrogen-bond acceptors (Lipinski definition) is 2. The van der Waals surface area contributed by atoms with Crippen LogP contribution in [0.4, 0.5) is 8.78 Å². The number of ether oxygens (including phenoxy) is 1. The van der Waals surface area contributed by atoms with Crippen LogP contribution in [0.15, 0.2) is 42.5 Å². The molecule has 25 heavy (non-hydrogen) atoms. The van der Waals surface area contributed by atoms with Gasteiger partial charge in [-0.2, -0.15) is 0 Å². The number of hydrogen-bond donors (Lipinski definition) is 2. The van der Waals surface area contributed by atoms with Crippen molar-refractivity contribution in [3.05, 3.63) is 65.2 Å². The molecule has 2 atom stereocenters. The Hall–Kier alpha value is -2.47. The molecule has 0 saturated carbocycles. The van der Waals surface area contributed by atoms with Gasteiger partial charge in [0.2, 0.25) is 0 Å². The lowest BCUT2D eigenvalue weighted by atomic mass is 10.1. The number of rotatable bonds is 7. The molecule has 0 fully saturated rings. The van der Waals surface area contributed by atoms with Gasteiger partial charge in [0, 0.05) is 12.1 Å². The van der Waals surface area contributed by atoms with E-state index < -0.39 is 11.6 Å². The maximum Gasteiger partial charge on any atom is 0.278 e. The minimum Gasteiger partial charge on any atom is -0.497 e. The number of benzene rings is 2. The predicted molar refractivity (Wildman–Crippen MR) is 91.0 cm³/mol. The van der Waals surface area contributed by atoms with Crippen molar-refractivity contribution in [3.63, 3.8) is 0 Å². The third-order valence-corrected chi connectivity index (χ3v) is 4.09. The predicted octanol–water partition coefficient (Wildman–Crippen LogP) is 2.30. The maximum atomic E-state index is 13.3. The molecule has 0 spiro atoms. The first-order chi connectivity index (χ1) is 11.9. The highest BCUT2D eigenvalue weighted by Crippen LogP contribution is 2.13. The summed E-state index contributed by atoms with van der Waals surface area (Å²) in [6.07, 6.45) is 0. The summed E-state index contributed by atoms with van der Waals surface area (Å²) in [5.41, 5.74) is 1.60. The second-order valence-corrected chi connectivity index (χ2v) is 6.01. The van der Waals surface area contributed by atoms with Crippen molar-refractivity contribution < 1.29 is 23.6 Å². The maximum absolute atomic E-state index is 13.3. The Morgan fingerprint density at radius 3 is 2.40 bits per heavy atom. The smallest absolute Gasteiger partial charge is 0.278 e. The molecule has 2 aromatic rings. The molecule has 0 aliphatic carbocycles. The van der Waals surface area contributed by atoms with Crippen LogP contribution in [-0.4, -0.2) is 19.1 Å². The molecular formula is C19H23F2N2O2+. The van der Waals surface area contributed by atoms with Crippen molar-refractivity contribution in [2.24, 2.45) is 0 Å². The zero-order chi connectivity index (χ0) is 18.4. The molecule has 134 valence electrons. The van der Waals surface area contributed by atoms with Crippen molar-refractivity contribution in [2.75, 3.05) is 7.11 Å². The van der Waals surface area contributed by atoms with E-state index in [4.69, 9.17) is 4.74 Å². The van der Waals surface area contributed by atoms with Gasteiger partial charge in [-0.05, 0) is 49.7 Å². The number of nitrogens with two attached hydrogens (primary N) is 1. The molecule has 6 heteroatoms. The number of methoxy groups -OCH3 is 1. The highest BCUT2D eigenvalue weighted by molar-refractivity contribution is 5.79. The first kappa shape index (κ1) is 18.9. The summed E-state index contributed by atoms with van der Waals surface area (Å²) in [5, 5.41) is 4.68. The highest BCUT2D eigenvalue weighted by Gasteiger charge is 2.20. The number of quaternary nitrogens is 1. The summed E-state index contributed by atoms with van der Waals surface area (Å²) in [4.78, 5) is 12.2. The summed E-state index contributed by atoms with van der Waals surface area (Å²) >= 11 is 0. The van der Waals surface area contributed by atoms with Crippen LogP contribution in [0.5, 0.6) is 5.75 Å². The van der Waals surface area contributed by atoms with E-state index in [1.807, 2.05) is 36.5 Å². The largest absolute Gasteiger partial charge is 0.497 e. The summed E-state index contributed by atoms with van der Waals surface area (Å²) in [6.45, 7) is 4.04. The van der Waals surface area contributed by atoms with Crippen molar-refractivity contribution in [1.82, 2.24) is 5.32 Å². The lowest BCUT2D eigenvalue weighted by Crippen LogP contribution is -2.92. The zero-order valence-electron chi connectivity index (χ0n) is 14.6. The lowest BCUT2D eigenvalue weighted by Gasteiger charge is -2.17. The number of carbonyl (C=O) groups is 1.